The van der Waals surface area contributed by atoms with Gasteiger partial charge in [-0.25, -0.2) is 4.98 Å². The number of anilines is 3. The van der Waals surface area contributed by atoms with Crippen molar-refractivity contribution in [1.82, 2.24) is 9.97 Å². The van der Waals surface area contributed by atoms with E-state index in [1.807, 2.05) is 31.2 Å². The highest BCUT2D eigenvalue weighted by Gasteiger charge is 2.08. The van der Waals surface area contributed by atoms with Crippen molar-refractivity contribution in [3.8, 4) is 5.75 Å². The maximum absolute atomic E-state index is 5.42. The quantitative estimate of drug-likeness (QED) is 0.575. The number of aryl methyl sites for hydroxylation is 3. The minimum absolute atomic E-state index is 0.615. The Hall–Kier alpha value is -3.08. The van der Waals surface area contributed by atoms with Gasteiger partial charge in [0.05, 0.1) is 7.11 Å². The van der Waals surface area contributed by atoms with E-state index in [1.54, 1.807) is 7.11 Å². The molecule has 0 spiro atoms. The minimum Gasteiger partial charge on any atom is -0.496 e. The second-order valence-corrected chi connectivity index (χ2v) is 6.79. The van der Waals surface area contributed by atoms with Crippen molar-refractivity contribution in [2.45, 2.75) is 33.6 Å². The van der Waals surface area contributed by atoms with Gasteiger partial charge in [0.2, 0.25) is 5.95 Å². The van der Waals surface area contributed by atoms with E-state index in [4.69, 9.17) is 4.74 Å². The molecule has 1 heterocycles. The Morgan fingerprint density at radius 2 is 1.75 bits per heavy atom. The molecule has 2 N–H and O–H groups in total. The highest BCUT2D eigenvalue weighted by Crippen LogP contribution is 2.25. The van der Waals surface area contributed by atoms with Crippen LogP contribution in [0.3, 0.4) is 0 Å². The second kappa shape index (κ2) is 9.22. The molecular formula is C23H28N4O. The fourth-order valence-electron chi connectivity index (χ4n) is 3.26. The molecule has 3 rings (SSSR count). The third-order valence-electron chi connectivity index (χ3n) is 4.72. The van der Waals surface area contributed by atoms with Gasteiger partial charge in [0.1, 0.15) is 11.6 Å². The molecule has 5 nitrogen and oxygen atoms in total. The average molecular weight is 377 g/mol. The van der Waals surface area contributed by atoms with Crippen LogP contribution in [0.1, 0.15) is 29.3 Å². The number of benzene rings is 2. The standard InChI is InChI=1S/C23H28N4O/c1-5-18-11-8-9-16(2)22(18)27-23-25-17(3)15-21(26-23)24-14-13-19-10-6-7-12-20(19)28-4/h6-12,15H,5,13-14H2,1-4H3,(H2,24,25,26,27). The molecule has 0 aliphatic heterocycles. The Labute approximate surface area is 167 Å². The molecule has 0 radical (unpaired) electrons. The van der Waals surface area contributed by atoms with E-state index in [0.717, 1.165) is 42.3 Å². The summed E-state index contributed by atoms with van der Waals surface area (Å²) in [5.41, 5.74) is 5.64. The zero-order valence-corrected chi connectivity index (χ0v) is 17.0. The first-order chi connectivity index (χ1) is 13.6. The Morgan fingerprint density at radius 3 is 2.54 bits per heavy atom. The lowest BCUT2D eigenvalue weighted by molar-refractivity contribution is 0.410. The first-order valence-electron chi connectivity index (χ1n) is 9.67. The van der Waals surface area contributed by atoms with Gasteiger partial charge in [-0.15, -0.1) is 0 Å². The SMILES string of the molecule is CCc1cccc(C)c1Nc1nc(C)cc(NCCc2ccccc2OC)n1. The summed E-state index contributed by atoms with van der Waals surface area (Å²) in [6.07, 6.45) is 1.81. The molecule has 0 saturated heterocycles. The Morgan fingerprint density at radius 1 is 0.964 bits per heavy atom. The van der Waals surface area contributed by atoms with Crippen LogP contribution in [0.25, 0.3) is 0 Å². The fourth-order valence-corrected chi connectivity index (χ4v) is 3.26. The van der Waals surface area contributed by atoms with Gasteiger partial charge in [0.25, 0.3) is 0 Å². The first kappa shape index (κ1) is 19.7. The van der Waals surface area contributed by atoms with Crippen molar-refractivity contribution < 1.29 is 4.74 Å². The number of rotatable bonds is 8. The number of nitrogens with one attached hydrogen (secondary N) is 2. The van der Waals surface area contributed by atoms with Gasteiger partial charge >= 0.3 is 0 Å². The molecule has 0 amide bonds. The van der Waals surface area contributed by atoms with Crippen molar-refractivity contribution in [3.05, 3.63) is 70.9 Å². The van der Waals surface area contributed by atoms with Gasteiger partial charge < -0.3 is 15.4 Å². The third-order valence-corrected chi connectivity index (χ3v) is 4.72. The number of ether oxygens (including phenoxy) is 1. The summed E-state index contributed by atoms with van der Waals surface area (Å²) in [6, 6.07) is 16.4. The summed E-state index contributed by atoms with van der Waals surface area (Å²) in [7, 11) is 1.70. The molecule has 0 atom stereocenters. The van der Waals surface area contributed by atoms with Gasteiger partial charge in [-0.3, -0.25) is 0 Å². The van der Waals surface area contributed by atoms with Crippen LogP contribution in [0.4, 0.5) is 17.5 Å². The van der Waals surface area contributed by atoms with Gasteiger partial charge in [-0.2, -0.15) is 4.98 Å². The average Bonchev–Trinajstić information content (AvgIpc) is 2.69. The normalized spacial score (nSPS) is 10.6. The molecule has 0 fully saturated rings. The summed E-state index contributed by atoms with van der Waals surface area (Å²) < 4.78 is 5.42. The lowest BCUT2D eigenvalue weighted by atomic mass is 10.1. The van der Waals surface area contributed by atoms with Crippen LogP contribution in [-0.2, 0) is 12.8 Å². The van der Waals surface area contributed by atoms with Crippen LogP contribution in [0, 0.1) is 13.8 Å². The molecule has 0 aliphatic rings. The highest BCUT2D eigenvalue weighted by atomic mass is 16.5. The monoisotopic (exact) mass is 376 g/mol. The number of para-hydroxylation sites is 2. The van der Waals surface area contributed by atoms with E-state index in [1.165, 1.54) is 16.7 Å². The maximum atomic E-state index is 5.42. The van der Waals surface area contributed by atoms with Crippen molar-refractivity contribution in [3.63, 3.8) is 0 Å². The zero-order chi connectivity index (χ0) is 19.9. The molecule has 146 valence electrons. The van der Waals surface area contributed by atoms with E-state index < -0.39 is 0 Å². The molecule has 5 heteroatoms. The lowest BCUT2D eigenvalue weighted by Crippen LogP contribution is -2.10. The molecule has 0 aliphatic carbocycles. The molecular weight excluding hydrogens is 348 g/mol. The van der Waals surface area contributed by atoms with Gasteiger partial charge in [-0.05, 0) is 49.4 Å². The fraction of sp³-hybridized carbons (Fsp3) is 0.304. The topological polar surface area (TPSA) is 59.1 Å². The van der Waals surface area contributed by atoms with Gasteiger partial charge in [-0.1, -0.05) is 43.3 Å². The predicted octanol–water partition coefficient (Wildman–Crippen LogP) is 5.06. The van der Waals surface area contributed by atoms with Crippen LogP contribution in [0.2, 0.25) is 0 Å². The molecule has 28 heavy (non-hydrogen) atoms. The van der Waals surface area contributed by atoms with Crippen LogP contribution < -0.4 is 15.4 Å². The number of methoxy groups -OCH3 is 1. The lowest BCUT2D eigenvalue weighted by Gasteiger charge is -2.14. The Kier molecular flexibility index (Phi) is 6.48. The predicted molar refractivity (Wildman–Crippen MR) is 116 cm³/mol. The van der Waals surface area contributed by atoms with E-state index in [2.05, 4.69) is 58.7 Å². The summed E-state index contributed by atoms with van der Waals surface area (Å²) in [5, 5.41) is 6.83. The molecule has 1 aromatic heterocycles. The number of hydrogen-bond acceptors (Lipinski definition) is 5. The molecule has 0 saturated carbocycles. The van der Waals surface area contributed by atoms with Crippen LogP contribution in [-0.4, -0.2) is 23.6 Å². The summed E-state index contributed by atoms with van der Waals surface area (Å²) >= 11 is 0. The summed E-state index contributed by atoms with van der Waals surface area (Å²) in [6.45, 7) is 7.00. The largest absolute Gasteiger partial charge is 0.496 e. The van der Waals surface area contributed by atoms with E-state index >= 15 is 0 Å². The van der Waals surface area contributed by atoms with Crippen LogP contribution in [0.5, 0.6) is 5.75 Å². The summed E-state index contributed by atoms with van der Waals surface area (Å²) in [5.74, 6) is 2.34. The van der Waals surface area contributed by atoms with Crippen LogP contribution >= 0.6 is 0 Å². The van der Waals surface area contributed by atoms with E-state index in [9.17, 15) is 0 Å². The second-order valence-electron chi connectivity index (χ2n) is 6.79. The molecule has 2 aromatic carbocycles. The zero-order valence-electron chi connectivity index (χ0n) is 17.0. The smallest absolute Gasteiger partial charge is 0.229 e. The highest BCUT2D eigenvalue weighted by molar-refractivity contribution is 5.64. The third kappa shape index (κ3) is 4.80. The van der Waals surface area contributed by atoms with Crippen molar-refractivity contribution in [2.75, 3.05) is 24.3 Å². The van der Waals surface area contributed by atoms with E-state index in [-0.39, 0.29) is 0 Å². The Balaban J connectivity index is 1.72. The number of hydrogen-bond donors (Lipinski definition) is 2. The van der Waals surface area contributed by atoms with Crippen LogP contribution in [0.15, 0.2) is 48.5 Å². The van der Waals surface area contributed by atoms with Gasteiger partial charge in [0.15, 0.2) is 0 Å². The molecule has 3 aromatic rings. The molecule has 0 unspecified atom stereocenters. The summed E-state index contributed by atoms with van der Waals surface area (Å²) in [4.78, 5) is 9.21. The van der Waals surface area contributed by atoms with E-state index in [0.29, 0.717) is 5.95 Å². The minimum atomic E-state index is 0.615. The van der Waals surface area contributed by atoms with Crippen molar-refractivity contribution in [2.24, 2.45) is 0 Å². The number of nitrogens with zero attached hydrogens (tertiary/aromatic N) is 2. The number of aromatic nitrogens is 2. The Bertz CT molecular complexity index is 940. The molecule has 0 bridgehead atoms. The first-order valence-corrected chi connectivity index (χ1v) is 9.67. The van der Waals surface area contributed by atoms with Gasteiger partial charge in [0, 0.05) is 24.0 Å². The van der Waals surface area contributed by atoms with Crippen molar-refractivity contribution in [1.29, 1.82) is 0 Å². The maximum Gasteiger partial charge on any atom is 0.229 e. The van der Waals surface area contributed by atoms with Crippen molar-refractivity contribution >= 4 is 17.5 Å².